The molecule has 0 saturated heterocycles. The van der Waals surface area contributed by atoms with Crippen LogP contribution in [0.15, 0.2) is 41.5 Å². The van der Waals surface area contributed by atoms with Crippen LogP contribution in [0.1, 0.15) is 10.5 Å². The van der Waals surface area contributed by atoms with E-state index in [1.165, 1.54) is 24.4 Å². The molecule has 6 heteroatoms. The minimum absolute atomic E-state index is 0.00727. The lowest BCUT2D eigenvalue weighted by molar-refractivity contribution is 0.102. The lowest BCUT2D eigenvalue weighted by Gasteiger charge is -2.04. The molecule has 0 unspecified atom stereocenters. The predicted octanol–water partition coefficient (Wildman–Crippen LogP) is 1.16. The first kappa shape index (κ1) is 11.0. The number of hydrogen-bond acceptors (Lipinski definition) is 3. The van der Waals surface area contributed by atoms with E-state index >= 15 is 0 Å². The van der Waals surface area contributed by atoms with Crippen LogP contribution in [0.3, 0.4) is 0 Å². The summed E-state index contributed by atoms with van der Waals surface area (Å²) in [5, 5.41) is 2.35. The number of nitrogens with one attached hydrogen (secondary N) is 2. The topological polar surface area (TPSA) is 74.8 Å². The summed E-state index contributed by atoms with van der Waals surface area (Å²) in [6, 6.07) is 5.77. The van der Waals surface area contributed by atoms with Gasteiger partial charge in [0.15, 0.2) is 0 Å². The molecule has 0 bridgehead atoms. The van der Waals surface area contributed by atoms with E-state index in [1.807, 2.05) is 0 Å². The van der Waals surface area contributed by atoms with Gasteiger partial charge in [-0.2, -0.15) is 0 Å². The van der Waals surface area contributed by atoms with Crippen LogP contribution < -0.4 is 10.9 Å². The Hall–Kier alpha value is -2.50. The summed E-state index contributed by atoms with van der Waals surface area (Å²) in [7, 11) is 0. The number of anilines is 1. The summed E-state index contributed by atoms with van der Waals surface area (Å²) >= 11 is 0. The highest BCUT2D eigenvalue weighted by Crippen LogP contribution is 2.12. The van der Waals surface area contributed by atoms with Crippen LogP contribution in [0.4, 0.5) is 10.1 Å². The number of rotatable bonds is 2. The maximum Gasteiger partial charge on any atom is 0.275 e. The van der Waals surface area contributed by atoms with Crippen LogP contribution in [0.2, 0.25) is 0 Å². The second kappa shape index (κ2) is 4.56. The number of carbonyl (C=O) groups is 1. The second-order valence-corrected chi connectivity index (χ2v) is 3.23. The van der Waals surface area contributed by atoms with Crippen molar-refractivity contribution >= 4 is 11.6 Å². The number of amides is 1. The number of halogens is 1. The van der Waals surface area contributed by atoms with Gasteiger partial charge in [0, 0.05) is 6.20 Å². The monoisotopic (exact) mass is 233 g/mol. The van der Waals surface area contributed by atoms with E-state index in [2.05, 4.69) is 15.3 Å². The van der Waals surface area contributed by atoms with Gasteiger partial charge in [-0.25, -0.2) is 9.37 Å². The maximum absolute atomic E-state index is 13.2. The Bertz CT molecular complexity index is 589. The summed E-state index contributed by atoms with van der Waals surface area (Å²) in [5.74, 6) is -1.13. The highest BCUT2D eigenvalue weighted by atomic mass is 19.1. The van der Waals surface area contributed by atoms with Crippen LogP contribution >= 0.6 is 0 Å². The molecule has 1 aromatic carbocycles. The zero-order valence-electron chi connectivity index (χ0n) is 8.61. The molecule has 2 N–H and O–H groups in total. The van der Waals surface area contributed by atoms with Crippen molar-refractivity contribution in [1.29, 1.82) is 0 Å². The van der Waals surface area contributed by atoms with Crippen molar-refractivity contribution in [2.45, 2.75) is 0 Å². The Labute approximate surface area is 95.3 Å². The molecule has 0 aliphatic heterocycles. The lowest BCUT2D eigenvalue weighted by atomic mass is 10.3. The average Bonchev–Trinajstić information content (AvgIpc) is 2.33. The Morgan fingerprint density at radius 1 is 1.35 bits per heavy atom. The molecule has 0 aliphatic rings. The molecule has 1 heterocycles. The molecule has 86 valence electrons. The number of aromatic nitrogens is 2. The first-order chi connectivity index (χ1) is 8.16. The minimum atomic E-state index is -0.591. The molecule has 17 heavy (non-hydrogen) atoms. The first-order valence-corrected chi connectivity index (χ1v) is 4.77. The Morgan fingerprint density at radius 2 is 2.12 bits per heavy atom. The molecule has 0 spiro atoms. The average molecular weight is 233 g/mol. The van der Waals surface area contributed by atoms with Gasteiger partial charge in [0.2, 0.25) is 0 Å². The van der Waals surface area contributed by atoms with E-state index in [9.17, 15) is 14.0 Å². The van der Waals surface area contributed by atoms with Crippen molar-refractivity contribution < 1.29 is 9.18 Å². The van der Waals surface area contributed by atoms with Crippen LogP contribution in [-0.2, 0) is 0 Å². The third kappa shape index (κ3) is 2.54. The van der Waals surface area contributed by atoms with Crippen LogP contribution in [0.5, 0.6) is 0 Å². The molecule has 0 atom stereocenters. The highest BCUT2D eigenvalue weighted by Gasteiger charge is 2.09. The molecule has 0 radical (unpaired) electrons. The molecule has 1 aromatic heterocycles. The number of carbonyl (C=O) groups excluding carboxylic acids is 1. The van der Waals surface area contributed by atoms with Crippen LogP contribution in [0.25, 0.3) is 0 Å². The van der Waals surface area contributed by atoms with E-state index in [0.717, 1.165) is 6.20 Å². The summed E-state index contributed by atoms with van der Waals surface area (Å²) in [4.78, 5) is 28.3. The van der Waals surface area contributed by atoms with Gasteiger partial charge in [-0.15, -0.1) is 0 Å². The van der Waals surface area contributed by atoms with Crippen molar-refractivity contribution in [3.63, 3.8) is 0 Å². The third-order valence-corrected chi connectivity index (χ3v) is 2.03. The van der Waals surface area contributed by atoms with Crippen molar-refractivity contribution in [2.75, 3.05) is 5.32 Å². The van der Waals surface area contributed by atoms with Crippen molar-refractivity contribution in [3.05, 3.63) is 58.5 Å². The molecule has 1 amide bonds. The highest BCUT2D eigenvalue weighted by molar-refractivity contribution is 6.02. The Kier molecular flexibility index (Phi) is 2.95. The van der Waals surface area contributed by atoms with Gasteiger partial charge in [0.1, 0.15) is 11.5 Å². The standard InChI is InChI=1S/C11H8FN3O2/c12-7-3-1-2-4-8(7)15-11(17)9-5-14-10(16)6-13-9/h1-6H,(H,14,16)(H,15,17). The molecule has 2 rings (SSSR count). The van der Waals surface area contributed by atoms with Gasteiger partial charge in [0.05, 0.1) is 11.9 Å². The fraction of sp³-hybridized carbons (Fsp3) is 0. The summed E-state index contributed by atoms with van der Waals surface area (Å²) in [5.41, 5.74) is -0.342. The van der Waals surface area contributed by atoms with Gasteiger partial charge in [-0.05, 0) is 12.1 Å². The number of nitrogens with zero attached hydrogens (tertiary/aromatic N) is 1. The van der Waals surface area contributed by atoms with E-state index in [-0.39, 0.29) is 11.4 Å². The molecular formula is C11H8FN3O2. The number of aromatic amines is 1. The first-order valence-electron chi connectivity index (χ1n) is 4.77. The normalized spacial score (nSPS) is 9.94. The molecular weight excluding hydrogens is 225 g/mol. The van der Waals surface area contributed by atoms with Crippen molar-refractivity contribution in [1.82, 2.24) is 9.97 Å². The quantitative estimate of drug-likeness (QED) is 0.817. The molecule has 0 aliphatic carbocycles. The minimum Gasteiger partial charge on any atom is -0.325 e. The van der Waals surface area contributed by atoms with Gasteiger partial charge in [-0.1, -0.05) is 12.1 Å². The van der Waals surface area contributed by atoms with Crippen LogP contribution in [-0.4, -0.2) is 15.9 Å². The Morgan fingerprint density at radius 3 is 2.76 bits per heavy atom. The molecule has 2 aromatic rings. The van der Waals surface area contributed by atoms with E-state index < -0.39 is 17.3 Å². The lowest BCUT2D eigenvalue weighted by Crippen LogP contribution is -2.17. The zero-order valence-corrected chi connectivity index (χ0v) is 8.61. The van der Waals surface area contributed by atoms with Gasteiger partial charge in [-0.3, -0.25) is 9.59 Å². The van der Waals surface area contributed by atoms with Crippen molar-refractivity contribution in [3.8, 4) is 0 Å². The van der Waals surface area contributed by atoms with Gasteiger partial charge in [0.25, 0.3) is 11.5 Å². The smallest absolute Gasteiger partial charge is 0.275 e. The number of para-hydroxylation sites is 1. The molecule has 0 fully saturated rings. The fourth-order valence-electron chi connectivity index (χ4n) is 1.22. The molecule has 0 saturated carbocycles. The SMILES string of the molecule is O=C(Nc1ccccc1F)c1c[nH]c(=O)cn1. The summed E-state index contributed by atoms with van der Waals surface area (Å²) < 4.78 is 13.2. The number of H-pyrrole nitrogens is 1. The maximum atomic E-state index is 13.2. The van der Waals surface area contributed by atoms with Crippen LogP contribution in [0, 0.1) is 5.82 Å². The summed E-state index contributed by atoms with van der Waals surface area (Å²) in [6.07, 6.45) is 2.15. The predicted molar refractivity (Wildman–Crippen MR) is 59.2 cm³/mol. The van der Waals surface area contributed by atoms with Gasteiger partial charge >= 0.3 is 0 Å². The third-order valence-electron chi connectivity index (χ3n) is 2.03. The Balaban J connectivity index is 2.20. The largest absolute Gasteiger partial charge is 0.325 e. The van der Waals surface area contributed by atoms with Gasteiger partial charge < -0.3 is 10.3 Å². The number of benzene rings is 1. The fourth-order valence-corrected chi connectivity index (χ4v) is 1.22. The van der Waals surface area contributed by atoms with Crippen molar-refractivity contribution in [2.24, 2.45) is 0 Å². The van der Waals surface area contributed by atoms with E-state index in [0.29, 0.717) is 0 Å². The zero-order chi connectivity index (χ0) is 12.3. The van der Waals surface area contributed by atoms with E-state index in [4.69, 9.17) is 0 Å². The molecule has 5 nitrogen and oxygen atoms in total. The summed E-state index contributed by atoms with van der Waals surface area (Å²) in [6.45, 7) is 0. The second-order valence-electron chi connectivity index (χ2n) is 3.23. The van der Waals surface area contributed by atoms with E-state index in [1.54, 1.807) is 6.07 Å². The number of hydrogen-bond donors (Lipinski definition) is 2.